The molecule has 0 amide bonds. The zero-order valence-corrected chi connectivity index (χ0v) is 15.7. The molecule has 0 aliphatic heterocycles. The van der Waals surface area contributed by atoms with E-state index < -0.39 is 0 Å². The molecule has 0 spiro atoms. The van der Waals surface area contributed by atoms with Crippen molar-refractivity contribution in [2.45, 2.75) is 26.2 Å². The monoisotopic (exact) mass is 360 g/mol. The van der Waals surface area contributed by atoms with Crippen LogP contribution < -0.4 is 17.0 Å². The topological polar surface area (TPSA) is 16.8 Å². The number of hydrogen-bond donors (Lipinski definition) is 0. The van der Waals surface area contributed by atoms with Gasteiger partial charge in [0, 0.05) is 36.2 Å². The first-order chi connectivity index (χ1) is 10.6. The number of pyridine rings is 2. The highest BCUT2D eigenvalue weighted by molar-refractivity contribution is 5.85. The van der Waals surface area contributed by atoms with Gasteiger partial charge in [0.1, 0.15) is 0 Å². The summed E-state index contributed by atoms with van der Waals surface area (Å²) in [5.74, 6) is 0. The molecule has 2 nitrogen and oxygen atoms in total. The lowest BCUT2D eigenvalue weighted by Crippen LogP contribution is -3.00. The summed E-state index contributed by atoms with van der Waals surface area (Å²) < 4.78 is 2.19. The van der Waals surface area contributed by atoms with Crippen LogP contribution in [0.25, 0.3) is 16.8 Å². The van der Waals surface area contributed by atoms with Gasteiger partial charge in [0.05, 0.1) is 0 Å². The lowest BCUT2D eigenvalue weighted by molar-refractivity contribution is -0.596. The highest BCUT2D eigenvalue weighted by Crippen LogP contribution is 2.26. The van der Waals surface area contributed by atoms with Crippen molar-refractivity contribution in [2.75, 3.05) is 0 Å². The second kappa shape index (κ2) is 8.27. The number of rotatable bonds is 2. The molecule has 0 fully saturated rings. The third kappa shape index (κ3) is 4.34. The SMILES string of the molecule is CC(C)(C)c1ccccc1-[n+]1ccc(-c2ccncc2)cc1.Cl.[Cl-]. The molecular weight excluding hydrogens is 339 g/mol. The summed E-state index contributed by atoms with van der Waals surface area (Å²) in [6, 6.07) is 16.9. The summed E-state index contributed by atoms with van der Waals surface area (Å²) in [5, 5.41) is 0. The van der Waals surface area contributed by atoms with Crippen LogP contribution in [0.3, 0.4) is 0 Å². The number of hydrogen-bond acceptors (Lipinski definition) is 1. The Morgan fingerprint density at radius 1 is 0.792 bits per heavy atom. The van der Waals surface area contributed by atoms with Gasteiger partial charge in [-0.2, -0.15) is 4.57 Å². The third-order valence-electron chi connectivity index (χ3n) is 3.83. The van der Waals surface area contributed by atoms with Gasteiger partial charge in [-0.1, -0.05) is 39.0 Å². The number of halogens is 2. The quantitative estimate of drug-likeness (QED) is 0.636. The van der Waals surface area contributed by atoms with Gasteiger partial charge in [0.25, 0.3) is 0 Å². The number of aromatic nitrogens is 2. The molecular formula is C20H22Cl2N2. The maximum atomic E-state index is 4.07. The molecule has 1 aromatic carbocycles. The van der Waals surface area contributed by atoms with Gasteiger partial charge in [0.15, 0.2) is 12.4 Å². The smallest absolute Gasteiger partial charge is 0.214 e. The van der Waals surface area contributed by atoms with E-state index in [1.165, 1.54) is 22.4 Å². The normalized spacial score (nSPS) is 10.5. The molecule has 2 heterocycles. The highest BCUT2D eigenvalue weighted by Gasteiger charge is 2.22. The molecule has 0 atom stereocenters. The Labute approximate surface area is 156 Å². The molecule has 0 saturated heterocycles. The Balaban J connectivity index is 0.00000144. The fraction of sp³-hybridized carbons (Fsp3) is 0.200. The van der Waals surface area contributed by atoms with Crippen LogP contribution in [0.4, 0.5) is 0 Å². The van der Waals surface area contributed by atoms with Crippen LogP contribution in [-0.2, 0) is 5.41 Å². The number of nitrogens with zero attached hydrogens (tertiary/aromatic N) is 2. The van der Waals surface area contributed by atoms with Crippen LogP contribution >= 0.6 is 12.4 Å². The third-order valence-corrected chi connectivity index (χ3v) is 3.83. The standard InChI is InChI=1S/C20H21N2.2ClH/c1-20(2,3)18-6-4-5-7-19(18)22-14-10-17(11-15-22)16-8-12-21-13-9-16;;/h4-15H,1-3H3;2*1H/q+1;;/p-1. The summed E-state index contributed by atoms with van der Waals surface area (Å²) in [7, 11) is 0. The highest BCUT2D eigenvalue weighted by atomic mass is 35.5. The lowest BCUT2D eigenvalue weighted by atomic mass is 9.85. The molecule has 0 unspecified atom stereocenters. The molecule has 126 valence electrons. The van der Waals surface area contributed by atoms with Crippen molar-refractivity contribution in [1.29, 1.82) is 0 Å². The van der Waals surface area contributed by atoms with Crippen LogP contribution in [0.15, 0.2) is 73.3 Å². The van der Waals surface area contributed by atoms with E-state index >= 15 is 0 Å². The second-order valence-electron chi connectivity index (χ2n) is 6.50. The Bertz CT molecular complexity index is 764. The first kappa shape index (κ1) is 20.1. The van der Waals surface area contributed by atoms with Crippen molar-refractivity contribution in [2.24, 2.45) is 0 Å². The van der Waals surface area contributed by atoms with Crippen LogP contribution in [-0.4, -0.2) is 4.98 Å². The van der Waals surface area contributed by atoms with E-state index in [2.05, 4.69) is 79.1 Å². The molecule has 3 aromatic rings. The van der Waals surface area contributed by atoms with Crippen molar-refractivity contribution in [3.63, 3.8) is 0 Å². The first-order valence-electron chi connectivity index (χ1n) is 7.57. The maximum Gasteiger partial charge on any atom is 0.214 e. The minimum atomic E-state index is 0. The second-order valence-corrected chi connectivity index (χ2v) is 6.50. The van der Waals surface area contributed by atoms with Crippen molar-refractivity contribution in [1.82, 2.24) is 4.98 Å². The van der Waals surface area contributed by atoms with Crippen LogP contribution in [0.5, 0.6) is 0 Å². The fourth-order valence-electron chi connectivity index (χ4n) is 2.66. The van der Waals surface area contributed by atoms with Crippen molar-refractivity contribution in [3.8, 4) is 16.8 Å². The predicted octanol–water partition coefficient (Wildman–Crippen LogP) is 1.75. The first-order valence-corrected chi connectivity index (χ1v) is 7.57. The maximum absolute atomic E-state index is 4.07. The van der Waals surface area contributed by atoms with Crippen molar-refractivity contribution >= 4 is 12.4 Å². The Hall–Kier alpha value is -1.90. The minimum Gasteiger partial charge on any atom is -1.00 e. The van der Waals surface area contributed by atoms with Gasteiger partial charge in [-0.05, 0) is 28.7 Å². The van der Waals surface area contributed by atoms with E-state index in [-0.39, 0.29) is 30.2 Å². The molecule has 2 aromatic heterocycles. The fourth-order valence-corrected chi connectivity index (χ4v) is 2.66. The Morgan fingerprint density at radius 3 is 1.92 bits per heavy atom. The molecule has 0 saturated carbocycles. The molecule has 0 aliphatic rings. The Morgan fingerprint density at radius 2 is 1.33 bits per heavy atom. The van der Waals surface area contributed by atoms with E-state index in [0.717, 1.165) is 0 Å². The van der Waals surface area contributed by atoms with E-state index in [0.29, 0.717) is 0 Å². The predicted molar refractivity (Wildman–Crippen MR) is 97.2 cm³/mol. The van der Waals surface area contributed by atoms with Crippen molar-refractivity contribution in [3.05, 3.63) is 78.9 Å². The van der Waals surface area contributed by atoms with Crippen LogP contribution in [0.2, 0.25) is 0 Å². The van der Waals surface area contributed by atoms with Crippen LogP contribution in [0.1, 0.15) is 26.3 Å². The van der Waals surface area contributed by atoms with E-state index in [4.69, 9.17) is 0 Å². The van der Waals surface area contributed by atoms with Gasteiger partial charge in [-0.25, -0.2) is 0 Å². The molecule has 3 rings (SSSR count). The Kier molecular flexibility index (Phi) is 6.94. The van der Waals surface area contributed by atoms with Gasteiger partial charge in [-0.15, -0.1) is 12.4 Å². The van der Waals surface area contributed by atoms with Crippen LogP contribution in [0, 0.1) is 0 Å². The summed E-state index contributed by atoms with van der Waals surface area (Å²) in [5.41, 5.74) is 5.08. The molecule has 0 aliphatic carbocycles. The average Bonchev–Trinajstić information content (AvgIpc) is 2.55. The molecule has 4 heteroatoms. The molecule has 0 radical (unpaired) electrons. The largest absolute Gasteiger partial charge is 1.00 e. The summed E-state index contributed by atoms with van der Waals surface area (Å²) in [4.78, 5) is 4.07. The molecule has 0 bridgehead atoms. The van der Waals surface area contributed by atoms with E-state index in [1.807, 2.05) is 24.5 Å². The van der Waals surface area contributed by atoms with Crippen molar-refractivity contribution < 1.29 is 17.0 Å². The summed E-state index contributed by atoms with van der Waals surface area (Å²) in [6.45, 7) is 6.74. The molecule has 24 heavy (non-hydrogen) atoms. The zero-order valence-electron chi connectivity index (χ0n) is 14.1. The molecule has 0 N–H and O–H groups in total. The van der Waals surface area contributed by atoms with Gasteiger partial charge >= 0.3 is 0 Å². The summed E-state index contributed by atoms with van der Waals surface area (Å²) >= 11 is 0. The average molecular weight is 361 g/mol. The van der Waals surface area contributed by atoms with Gasteiger partial charge in [-0.3, -0.25) is 4.98 Å². The van der Waals surface area contributed by atoms with E-state index in [9.17, 15) is 0 Å². The lowest BCUT2D eigenvalue weighted by Gasteiger charge is -2.19. The van der Waals surface area contributed by atoms with Gasteiger partial charge in [0.2, 0.25) is 5.69 Å². The van der Waals surface area contributed by atoms with E-state index in [1.54, 1.807) is 0 Å². The number of para-hydroxylation sites is 1. The minimum absolute atomic E-state index is 0. The van der Waals surface area contributed by atoms with Gasteiger partial charge < -0.3 is 12.4 Å². The number of benzene rings is 1. The summed E-state index contributed by atoms with van der Waals surface area (Å²) in [6.07, 6.45) is 7.90. The zero-order chi connectivity index (χ0) is 15.6.